The largest absolute Gasteiger partial charge is 0.373 e. The molecule has 0 fully saturated rings. The lowest BCUT2D eigenvalue weighted by atomic mass is 9.66. The number of thioether (sulfide) groups is 1. The van der Waals surface area contributed by atoms with Gasteiger partial charge in [0.25, 0.3) is 0 Å². The Morgan fingerprint density at radius 3 is 2.92 bits per heavy atom. The van der Waals surface area contributed by atoms with Gasteiger partial charge in [0.05, 0.1) is 18.4 Å². The van der Waals surface area contributed by atoms with Crippen LogP contribution in [0.4, 0.5) is 0 Å². The normalized spacial score (nSPS) is 25.4. The van der Waals surface area contributed by atoms with E-state index < -0.39 is 0 Å². The fourth-order valence-electron chi connectivity index (χ4n) is 3.88. The van der Waals surface area contributed by atoms with Gasteiger partial charge in [-0.2, -0.15) is 0 Å². The SMILES string of the molecule is CSc1nc(Cl)c2c(n1)C[C@]1(CC2)CO[C@@H](C)c2ccc(Cl)cc21. The first-order chi connectivity index (χ1) is 11.5. The summed E-state index contributed by atoms with van der Waals surface area (Å²) in [5.74, 6) is 0. The highest BCUT2D eigenvalue weighted by molar-refractivity contribution is 7.98. The van der Waals surface area contributed by atoms with E-state index >= 15 is 0 Å². The minimum atomic E-state index is -0.0763. The lowest BCUT2D eigenvalue weighted by Crippen LogP contribution is -2.42. The Balaban J connectivity index is 1.83. The minimum Gasteiger partial charge on any atom is -0.373 e. The predicted octanol–water partition coefficient (Wildman–Crippen LogP) is 5.02. The van der Waals surface area contributed by atoms with Crippen LogP contribution in [0.5, 0.6) is 0 Å². The molecule has 0 saturated heterocycles. The number of hydrogen-bond donors (Lipinski definition) is 0. The van der Waals surface area contributed by atoms with Gasteiger partial charge in [-0.3, -0.25) is 0 Å². The second-order valence-electron chi connectivity index (χ2n) is 6.57. The van der Waals surface area contributed by atoms with Gasteiger partial charge in [0, 0.05) is 22.4 Å². The Labute approximate surface area is 156 Å². The molecule has 6 heteroatoms. The van der Waals surface area contributed by atoms with Crippen molar-refractivity contribution in [3.63, 3.8) is 0 Å². The number of benzene rings is 1. The molecule has 0 N–H and O–H groups in total. The third-order valence-electron chi connectivity index (χ3n) is 5.20. The Bertz CT molecular complexity index is 814. The summed E-state index contributed by atoms with van der Waals surface area (Å²) in [6, 6.07) is 6.15. The summed E-state index contributed by atoms with van der Waals surface area (Å²) in [5, 5.41) is 2.10. The number of rotatable bonds is 1. The first-order valence-electron chi connectivity index (χ1n) is 8.03. The molecule has 0 radical (unpaired) electrons. The average Bonchev–Trinajstić information content (AvgIpc) is 2.58. The smallest absolute Gasteiger partial charge is 0.188 e. The van der Waals surface area contributed by atoms with Crippen molar-refractivity contribution in [2.75, 3.05) is 12.9 Å². The van der Waals surface area contributed by atoms with E-state index in [1.165, 1.54) is 22.9 Å². The summed E-state index contributed by atoms with van der Waals surface area (Å²) in [4.78, 5) is 9.11. The van der Waals surface area contributed by atoms with Gasteiger partial charge >= 0.3 is 0 Å². The van der Waals surface area contributed by atoms with Crippen molar-refractivity contribution < 1.29 is 4.74 Å². The predicted molar refractivity (Wildman–Crippen MR) is 98.3 cm³/mol. The van der Waals surface area contributed by atoms with Gasteiger partial charge < -0.3 is 4.74 Å². The van der Waals surface area contributed by atoms with Crippen LogP contribution in [-0.2, 0) is 23.0 Å². The maximum absolute atomic E-state index is 6.39. The molecule has 3 nitrogen and oxygen atoms in total. The first kappa shape index (κ1) is 16.6. The average molecular weight is 381 g/mol. The fraction of sp³-hybridized carbons (Fsp3) is 0.444. The lowest BCUT2D eigenvalue weighted by molar-refractivity contribution is 0.00222. The van der Waals surface area contributed by atoms with Crippen molar-refractivity contribution in [3.8, 4) is 0 Å². The van der Waals surface area contributed by atoms with E-state index in [-0.39, 0.29) is 11.5 Å². The summed E-state index contributed by atoms with van der Waals surface area (Å²) in [6.07, 6.45) is 4.73. The second kappa shape index (κ2) is 6.17. The van der Waals surface area contributed by atoms with Crippen LogP contribution in [0.3, 0.4) is 0 Å². The third-order valence-corrected chi connectivity index (χ3v) is 6.29. The molecule has 1 aromatic heterocycles. The summed E-state index contributed by atoms with van der Waals surface area (Å²) in [6.45, 7) is 2.79. The van der Waals surface area contributed by atoms with Crippen molar-refractivity contribution in [3.05, 3.63) is 50.8 Å². The zero-order valence-electron chi connectivity index (χ0n) is 13.6. The third kappa shape index (κ3) is 2.64. The number of hydrogen-bond acceptors (Lipinski definition) is 4. The highest BCUT2D eigenvalue weighted by Crippen LogP contribution is 2.47. The van der Waals surface area contributed by atoms with Crippen LogP contribution in [-0.4, -0.2) is 22.8 Å². The van der Waals surface area contributed by atoms with Crippen LogP contribution in [0.1, 0.15) is 41.8 Å². The first-order valence-corrected chi connectivity index (χ1v) is 10.0. The van der Waals surface area contributed by atoms with Gasteiger partial charge in [-0.25, -0.2) is 9.97 Å². The molecule has 2 heterocycles. The number of nitrogens with zero attached hydrogens (tertiary/aromatic N) is 2. The fourth-order valence-corrected chi connectivity index (χ4v) is 4.77. The van der Waals surface area contributed by atoms with Crippen LogP contribution in [0, 0.1) is 0 Å². The molecule has 2 atom stereocenters. The van der Waals surface area contributed by atoms with E-state index in [0.717, 1.165) is 40.7 Å². The zero-order valence-corrected chi connectivity index (χ0v) is 15.9. The van der Waals surface area contributed by atoms with Gasteiger partial charge in [0.2, 0.25) is 0 Å². The standard InChI is InChI=1S/C18H18Cl2N2OS/c1-10-12-4-3-11(19)7-14(12)18(9-23-10)6-5-13-15(8-18)21-17(24-2)22-16(13)20/h3-4,7,10H,5-6,8-9H2,1-2H3/t10-,18+/m0/s1. The number of ether oxygens (including phenoxy) is 1. The van der Waals surface area contributed by atoms with E-state index in [9.17, 15) is 0 Å². The van der Waals surface area contributed by atoms with Crippen molar-refractivity contribution in [1.82, 2.24) is 9.97 Å². The Hall–Kier alpha value is -0.810. The van der Waals surface area contributed by atoms with Crippen molar-refractivity contribution in [2.45, 2.75) is 42.9 Å². The van der Waals surface area contributed by atoms with E-state index in [4.69, 9.17) is 32.9 Å². The van der Waals surface area contributed by atoms with Crippen LogP contribution < -0.4 is 0 Å². The second-order valence-corrected chi connectivity index (χ2v) is 8.14. The summed E-state index contributed by atoms with van der Waals surface area (Å²) >= 11 is 14.2. The molecule has 2 aliphatic rings. The molecule has 1 spiro atoms. The maximum atomic E-state index is 6.39. The highest BCUT2D eigenvalue weighted by atomic mass is 35.5. The molecule has 24 heavy (non-hydrogen) atoms. The number of halogens is 2. The minimum absolute atomic E-state index is 0.0763. The van der Waals surface area contributed by atoms with Crippen molar-refractivity contribution in [2.24, 2.45) is 0 Å². The molecule has 1 aromatic carbocycles. The van der Waals surface area contributed by atoms with Crippen LogP contribution in [0.2, 0.25) is 10.2 Å². The van der Waals surface area contributed by atoms with E-state index in [1.54, 1.807) is 0 Å². The van der Waals surface area contributed by atoms with E-state index in [2.05, 4.69) is 24.0 Å². The van der Waals surface area contributed by atoms with E-state index in [1.807, 2.05) is 12.3 Å². The Morgan fingerprint density at radius 2 is 2.12 bits per heavy atom. The van der Waals surface area contributed by atoms with Crippen molar-refractivity contribution >= 4 is 35.0 Å². The Morgan fingerprint density at radius 1 is 1.29 bits per heavy atom. The van der Waals surface area contributed by atoms with Gasteiger partial charge in [-0.05, 0) is 49.3 Å². The quantitative estimate of drug-likeness (QED) is 0.395. The molecule has 0 bridgehead atoms. The lowest BCUT2D eigenvalue weighted by Gasteiger charge is -2.44. The highest BCUT2D eigenvalue weighted by Gasteiger charge is 2.43. The zero-order chi connectivity index (χ0) is 16.9. The van der Waals surface area contributed by atoms with Gasteiger partial charge in [-0.1, -0.05) is 41.0 Å². The number of fused-ring (bicyclic) bond motifs is 3. The van der Waals surface area contributed by atoms with Gasteiger partial charge in [-0.15, -0.1) is 0 Å². The maximum Gasteiger partial charge on any atom is 0.188 e. The molecule has 126 valence electrons. The summed E-state index contributed by atoms with van der Waals surface area (Å²) < 4.78 is 6.11. The van der Waals surface area contributed by atoms with Crippen molar-refractivity contribution in [1.29, 1.82) is 0 Å². The summed E-state index contributed by atoms with van der Waals surface area (Å²) in [7, 11) is 0. The molecule has 0 amide bonds. The molecular formula is C18H18Cl2N2OS. The monoisotopic (exact) mass is 380 g/mol. The van der Waals surface area contributed by atoms with E-state index in [0.29, 0.717) is 11.8 Å². The molecule has 1 aliphatic heterocycles. The van der Waals surface area contributed by atoms with Crippen LogP contribution >= 0.6 is 35.0 Å². The molecule has 2 aromatic rings. The van der Waals surface area contributed by atoms with Crippen LogP contribution in [0.15, 0.2) is 23.4 Å². The van der Waals surface area contributed by atoms with Crippen LogP contribution in [0.25, 0.3) is 0 Å². The van der Waals surface area contributed by atoms with Gasteiger partial charge in [0.15, 0.2) is 5.16 Å². The topological polar surface area (TPSA) is 35.0 Å². The Kier molecular flexibility index (Phi) is 4.28. The van der Waals surface area contributed by atoms with Gasteiger partial charge in [0.1, 0.15) is 5.15 Å². The molecule has 4 rings (SSSR count). The molecule has 0 saturated carbocycles. The number of aromatic nitrogens is 2. The molecular weight excluding hydrogens is 363 g/mol. The summed E-state index contributed by atoms with van der Waals surface area (Å²) in [5.41, 5.74) is 4.60. The molecule has 0 unspecified atom stereocenters. The molecule has 1 aliphatic carbocycles.